The number of piperazine rings is 1. The number of halogens is 1. The van der Waals surface area contributed by atoms with Crippen LogP contribution in [0.25, 0.3) is 0 Å². The molecule has 2 aromatic rings. The lowest BCUT2D eigenvalue weighted by molar-refractivity contribution is -0.121. The van der Waals surface area contributed by atoms with Gasteiger partial charge in [0.05, 0.1) is 16.6 Å². The summed E-state index contributed by atoms with van der Waals surface area (Å²) in [6, 6.07) is 7.19. The van der Waals surface area contributed by atoms with Gasteiger partial charge in [-0.1, -0.05) is 23.7 Å². The number of carbonyl (C=O) groups excluding carboxylic acids is 2. The second kappa shape index (κ2) is 10.2. The lowest BCUT2D eigenvalue weighted by atomic mass is 10.1. The van der Waals surface area contributed by atoms with Crippen molar-refractivity contribution in [3.8, 4) is 5.75 Å². The van der Waals surface area contributed by atoms with Crippen LogP contribution in [0, 0.1) is 0 Å². The van der Waals surface area contributed by atoms with E-state index < -0.39 is 5.91 Å². The van der Waals surface area contributed by atoms with Crippen molar-refractivity contribution in [3.63, 3.8) is 0 Å². The SMILES string of the molecule is C[C@@H](C(=O)Nc1sc2c(c1C(N)=O)CCC2)N1CCN(CCOc2ccccc2Cl)CC1. The van der Waals surface area contributed by atoms with Crippen LogP contribution in [0.5, 0.6) is 5.75 Å². The maximum absolute atomic E-state index is 12.9. The number of hydrogen-bond donors (Lipinski definition) is 2. The number of para-hydroxylation sites is 1. The molecule has 1 aliphatic heterocycles. The van der Waals surface area contributed by atoms with Crippen LogP contribution in [0.3, 0.4) is 0 Å². The highest BCUT2D eigenvalue weighted by Crippen LogP contribution is 2.39. The van der Waals surface area contributed by atoms with Gasteiger partial charge in [0, 0.05) is 37.6 Å². The first-order chi connectivity index (χ1) is 15.4. The van der Waals surface area contributed by atoms with Gasteiger partial charge in [-0.05, 0) is 43.9 Å². The van der Waals surface area contributed by atoms with Gasteiger partial charge in [0.25, 0.3) is 5.91 Å². The van der Waals surface area contributed by atoms with E-state index in [1.807, 2.05) is 31.2 Å². The largest absolute Gasteiger partial charge is 0.491 e. The third-order valence-electron chi connectivity index (χ3n) is 6.24. The molecule has 2 amide bonds. The molecular weight excluding hydrogens is 448 g/mol. The van der Waals surface area contributed by atoms with E-state index in [1.54, 1.807) is 0 Å². The van der Waals surface area contributed by atoms with Gasteiger partial charge >= 0.3 is 0 Å². The summed E-state index contributed by atoms with van der Waals surface area (Å²) in [4.78, 5) is 30.6. The first kappa shape index (κ1) is 23.0. The number of ether oxygens (including phenoxy) is 1. The van der Waals surface area contributed by atoms with Crippen LogP contribution in [0.2, 0.25) is 5.02 Å². The second-order valence-corrected chi connectivity index (χ2v) is 9.76. The summed E-state index contributed by atoms with van der Waals surface area (Å²) in [5.41, 5.74) is 7.14. The van der Waals surface area contributed by atoms with E-state index in [2.05, 4.69) is 15.1 Å². The van der Waals surface area contributed by atoms with Crippen LogP contribution in [0.4, 0.5) is 5.00 Å². The van der Waals surface area contributed by atoms with Crippen LogP contribution in [0.1, 0.15) is 34.1 Å². The molecule has 1 aromatic heterocycles. The van der Waals surface area contributed by atoms with Gasteiger partial charge in [-0.15, -0.1) is 11.3 Å². The number of rotatable bonds is 8. The molecule has 0 spiro atoms. The van der Waals surface area contributed by atoms with Crippen molar-refractivity contribution in [1.82, 2.24) is 9.80 Å². The molecule has 0 unspecified atom stereocenters. The normalized spacial score (nSPS) is 17.7. The Morgan fingerprint density at radius 1 is 1.22 bits per heavy atom. The van der Waals surface area contributed by atoms with E-state index in [0.29, 0.717) is 27.9 Å². The standard InChI is InChI=1S/C23H29ClN4O3S/c1-15(22(30)26-23-20(21(25)29)16-5-4-8-19(16)32-23)28-11-9-27(10-12-28)13-14-31-18-7-3-2-6-17(18)24/h2-3,6-7,15H,4-5,8-14H2,1H3,(H2,25,29)(H,26,30)/t15-/m0/s1. The number of nitrogens with two attached hydrogens (primary N) is 1. The van der Waals surface area contributed by atoms with Crippen LogP contribution in [0.15, 0.2) is 24.3 Å². The Labute approximate surface area is 197 Å². The summed E-state index contributed by atoms with van der Waals surface area (Å²) >= 11 is 7.62. The van der Waals surface area contributed by atoms with E-state index in [1.165, 1.54) is 16.2 Å². The Kier molecular flexibility index (Phi) is 7.35. The molecule has 0 bridgehead atoms. The number of nitrogens with zero attached hydrogens (tertiary/aromatic N) is 2. The van der Waals surface area contributed by atoms with Gasteiger partial charge in [-0.25, -0.2) is 0 Å². The van der Waals surface area contributed by atoms with Crippen LogP contribution in [-0.2, 0) is 17.6 Å². The fraction of sp³-hybridized carbons (Fsp3) is 0.478. The molecule has 9 heteroatoms. The number of amides is 2. The van der Waals surface area contributed by atoms with Crippen molar-refractivity contribution in [2.75, 3.05) is 44.6 Å². The molecule has 32 heavy (non-hydrogen) atoms. The molecule has 0 saturated carbocycles. The maximum Gasteiger partial charge on any atom is 0.251 e. The Bertz CT molecular complexity index is 988. The predicted octanol–water partition coefficient (Wildman–Crippen LogP) is 3.01. The molecule has 1 saturated heterocycles. The highest BCUT2D eigenvalue weighted by atomic mass is 35.5. The number of anilines is 1. The number of primary amides is 1. The zero-order valence-corrected chi connectivity index (χ0v) is 19.8. The molecule has 2 aliphatic rings. The van der Waals surface area contributed by atoms with Gasteiger partial charge < -0.3 is 15.8 Å². The van der Waals surface area contributed by atoms with Crippen LogP contribution < -0.4 is 15.8 Å². The zero-order valence-electron chi connectivity index (χ0n) is 18.2. The Morgan fingerprint density at radius 3 is 2.69 bits per heavy atom. The molecule has 4 rings (SSSR count). The van der Waals surface area contributed by atoms with Gasteiger partial charge in [-0.2, -0.15) is 0 Å². The minimum absolute atomic E-state index is 0.0945. The summed E-state index contributed by atoms with van der Waals surface area (Å²) in [7, 11) is 0. The smallest absolute Gasteiger partial charge is 0.251 e. The molecule has 2 heterocycles. The Morgan fingerprint density at radius 2 is 1.97 bits per heavy atom. The number of aryl methyl sites for hydroxylation is 1. The number of benzene rings is 1. The van der Waals surface area contributed by atoms with E-state index in [-0.39, 0.29) is 11.9 Å². The zero-order chi connectivity index (χ0) is 22.7. The molecule has 1 atom stereocenters. The van der Waals surface area contributed by atoms with Crippen molar-refractivity contribution in [1.29, 1.82) is 0 Å². The second-order valence-electron chi connectivity index (χ2n) is 8.25. The van der Waals surface area contributed by atoms with E-state index in [0.717, 1.165) is 57.5 Å². The summed E-state index contributed by atoms with van der Waals surface area (Å²) < 4.78 is 5.79. The van der Waals surface area contributed by atoms with Gasteiger partial charge in [0.2, 0.25) is 5.91 Å². The minimum atomic E-state index is -0.458. The monoisotopic (exact) mass is 476 g/mol. The number of hydrogen-bond acceptors (Lipinski definition) is 6. The topological polar surface area (TPSA) is 87.9 Å². The van der Waals surface area contributed by atoms with Crippen molar-refractivity contribution in [2.45, 2.75) is 32.2 Å². The molecule has 3 N–H and O–H groups in total. The molecule has 7 nitrogen and oxygen atoms in total. The van der Waals surface area contributed by atoms with Crippen LogP contribution in [-0.4, -0.2) is 67.0 Å². The van der Waals surface area contributed by atoms with E-state index >= 15 is 0 Å². The third-order valence-corrected chi connectivity index (χ3v) is 7.76. The number of carbonyl (C=O) groups is 2. The summed E-state index contributed by atoms with van der Waals surface area (Å²) in [6.45, 7) is 6.61. The van der Waals surface area contributed by atoms with Crippen molar-refractivity contribution in [3.05, 3.63) is 45.3 Å². The lowest BCUT2D eigenvalue weighted by Gasteiger charge is -2.37. The molecule has 0 radical (unpaired) electrons. The van der Waals surface area contributed by atoms with Gasteiger partial charge in [-0.3, -0.25) is 19.4 Å². The maximum atomic E-state index is 12.9. The van der Waals surface area contributed by atoms with Gasteiger partial charge in [0.15, 0.2) is 0 Å². The number of nitrogens with one attached hydrogen (secondary N) is 1. The first-order valence-corrected chi connectivity index (χ1v) is 12.2. The molecule has 1 aromatic carbocycles. The minimum Gasteiger partial charge on any atom is -0.491 e. The summed E-state index contributed by atoms with van der Waals surface area (Å²) in [5, 5.41) is 4.20. The number of fused-ring (bicyclic) bond motifs is 1. The molecule has 1 fully saturated rings. The third kappa shape index (κ3) is 5.09. The average Bonchev–Trinajstić information content (AvgIpc) is 3.35. The number of thiophene rings is 1. The molecule has 1 aliphatic carbocycles. The van der Waals surface area contributed by atoms with E-state index in [4.69, 9.17) is 22.1 Å². The Balaban J connectivity index is 1.25. The van der Waals surface area contributed by atoms with Crippen molar-refractivity contribution in [2.24, 2.45) is 5.73 Å². The van der Waals surface area contributed by atoms with E-state index in [9.17, 15) is 9.59 Å². The Hall–Kier alpha value is -2.13. The fourth-order valence-corrected chi connectivity index (χ4v) is 5.84. The first-order valence-electron chi connectivity index (χ1n) is 11.0. The van der Waals surface area contributed by atoms with Crippen molar-refractivity contribution >= 4 is 39.8 Å². The molecular formula is C23H29ClN4O3S. The quantitative estimate of drug-likeness (QED) is 0.611. The lowest BCUT2D eigenvalue weighted by Crippen LogP contribution is -2.53. The average molecular weight is 477 g/mol. The highest BCUT2D eigenvalue weighted by molar-refractivity contribution is 7.17. The van der Waals surface area contributed by atoms with Crippen molar-refractivity contribution < 1.29 is 14.3 Å². The van der Waals surface area contributed by atoms with Gasteiger partial charge in [0.1, 0.15) is 17.4 Å². The summed E-state index contributed by atoms with van der Waals surface area (Å²) in [6.07, 6.45) is 2.85. The fourth-order valence-electron chi connectivity index (χ4n) is 4.36. The predicted molar refractivity (Wildman–Crippen MR) is 128 cm³/mol. The highest BCUT2D eigenvalue weighted by Gasteiger charge is 2.29. The van der Waals surface area contributed by atoms with Crippen LogP contribution >= 0.6 is 22.9 Å². The summed E-state index contributed by atoms with van der Waals surface area (Å²) in [5.74, 6) is 0.149. The molecule has 172 valence electrons.